The fourth-order valence-corrected chi connectivity index (χ4v) is 11.0. The SMILES string of the molecule is c1ccc2cc(-c3nc(-c4ccc(-c5cc6c7ccc8ccccc8c7sc6c6nc7c8cc9ccccc9cc8ccc7n56)cc4)nc(-c4ccc5ccccc5c4)n3)ccc2c1. The molecule has 0 spiro atoms. The van der Waals surface area contributed by atoms with Crippen LogP contribution in [0.3, 0.4) is 0 Å². The third-order valence-electron chi connectivity index (χ3n) is 12.9. The first-order valence-corrected chi connectivity index (χ1v) is 22.3. The molecule has 4 aromatic heterocycles. The first-order chi connectivity index (χ1) is 31.7. The molecule has 0 saturated heterocycles. The Kier molecular flexibility index (Phi) is 7.49. The summed E-state index contributed by atoms with van der Waals surface area (Å²) in [6.45, 7) is 0. The molecule has 10 aromatic carbocycles. The predicted octanol–water partition coefficient (Wildman–Crippen LogP) is 15.5. The highest BCUT2D eigenvalue weighted by Crippen LogP contribution is 2.44. The molecule has 0 aliphatic rings. The first kappa shape index (κ1) is 35.3. The van der Waals surface area contributed by atoms with Crippen LogP contribution in [-0.4, -0.2) is 24.3 Å². The maximum absolute atomic E-state index is 5.57. The molecule has 6 heteroatoms. The Hall–Kier alpha value is -8.32. The minimum atomic E-state index is 0.621. The van der Waals surface area contributed by atoms with Crippen molar-refractivity contribution in [3.05, 3.63) is 200 Å². The number of imidazole rings is 1. The molecule has 0 radical (unpaired) electrons. The molecule has 0 atom stereocenters. The summed E-state index contributed by atoms with van der Waals surface area (Å²) >= 11 is 1.84. The van der Waals surface area contributed by atoms with Gasteiger partial charge in [-0.25, -0.2) is 19.9 Å². The lowest BCUT2D eigenvalue weighted by Crippen LogP contribution is -2.00. The molecular weight excluding hydrogens is 799 g/mol. The highest BCUT2D eigenvalue weighted by Gasteiger charge is 2.21. The van der Waals surface area contributed by atoms with Crippen molar-refractivity contribution in [3.8, 4) is 45.4 Å². The maximum atomic E-state index is 5.57. The Labute approximate surface area is 370 Å². The number of hydrogen-bond donors (Lipinski definition) is 0. The van der Waals surface area contributed by atoms with Gasteiger partial charge in [0, 0.05) is 37.5 Å². The molecule has 0 amide bonds. The van der Waals surface area contributed by atoms with Gasteiger partial charge in [-0.05, 0) is 90.4 Å². The normalized spacial score (nSPS) is 12.1. The van der Waals surface area contributed by atoms with E-state index in [1.54, 1.807) is 0 Å². The van der Waals surface area contributed by atoms with E-state index < -0.39 is 0 Å². The fraction of sp³-hybridized carbons (Fsp3) is 0. The van der Waals surface area contributed by atoms with Crippen LogP contribution in [0, 0.1) is 0 Å². The average molecular weight is 832 g/mol. The molecule has 0 aliphatic heterocycles. The van der Waals surface area contributed by atoms with E-state index in [2.05, 4.69) is 205 Å². The molecule has 296 valence electrons. The van der Waals surface area contributed by atoms with Gasteiger partial charge >= 0.3 is 0 Å². The summed E-state index contributed by atoms with van der Waals surface area (Å²) in [6, 6.07) is 71.6. The van der Waals surface area contributed by atoms with Gasteiger partial charge in [0.15, 0.2) is 23.1 Å². The van der Waals surface area contributed by atoms with Crippen molar-refractivity contribution in [2.45, 2.75) is 0 Å². The van der Waals surface area contributed by atoms with Gasteiger partial charge in [-0.1, -0.05) is 164 Å². The number of nitrogens with zero attached hydrogens (tertiary/aromatic N) is 5. The highest BCUT2D eigenvalue weighted by atomic mass is 32.1. The summed E-state index contributed by atoms with van der Waals surface area (Å²) in [5.41, 5.74) is 8.01. The zero-order valence-electron chi connectivity index (χ0n) is 34.2. The number of pyridine rings is 1. The molecule has 0 saturated carbocycles. The average Bonchev–Trinajstić information content (AvgIpc) is 3.95. The van der Waals surface area contributed by atoms with E-state index in [0.717, 1.165) is 60.8 Å². The van der Waals surface area contributed by atoms with E-state index in [0.29, 0.717) is 17.5 Å². The number of rotatable bonds is 4. The smallest absolute Gasteiger partial charge is 0.164 e. The van der Waals surface area contributed by atoms with Crippen LogP contribution in [0.1, 0.15) is 0 Å². The number of fused-ring (bicyclic) bond motifs is 14. The third-order valence-corrected chi connectivity index (χ3v) is 14.2. The Bertz CT molecular complexity index is 4160. The van der Waals surface area contributed by atoms with Gasteiger partial charge in [0.25, 0.3) is 0 Å². The van der Waals surface area contributed by atoms with Gasteiger partial charge in [-0.3, -0.25) is 4.40 Å². The topological polar surface area (TPSA) is 56.0 Å². The fourth-order valence-electron chi connectivity index (χ4n) is 9.73. The number of hydrogen-bond acceptors (Lipinski definition) is 5. The molecule has 0 fully saturated rings. The standard InChI is InChI=1S/C58H33N5S/c1-3-12-39-30-44(23-17-34(39)9-1)56-60-55(61-57(62-56)45-24-18-35-10-2-4-13-40(35)31-45)38-21-19-37(20-22-38)51-33-49-47-27-25-36-11-7-8-16-46(36)53(47)64-54(49)58-59-52-48-32-42-15-6-5-14-41(42)29-43(48)26-28-50(52)63(51)58/h1-33H. The molecule has 0 N–H and O–H groups in total. The van der Waals surface area contributed by atoms with Crippen molar-refractivity contribution in [3.63, 3.8) is 0 Å². The molecule has 14 rings (SSSR count). The summed E-state index contributed by atoms with van der Waals surface area (Å²) in [7, 11) is 0. The van der Waals surface area contributed by atoms with Crippen LogP contribution in [0.15, 0.2) is 200 Å². The van der Waals surface area contributed by atoms with Gasteiger partial charge < -0.3 is 0 Å². The second kappa shape index (κ2) is 13.6. The Balaban J connectivity index is 0.979. The van der Waals surface area contributed by atoms with E-state index >= 15 is 0 Å². The van der Waals surface area contributed by atoms with Crippen molar-refractivity contribution in [1.82, 2.24) is 24.3 Å². The van der Waals surface area contributed by atoms with Crippen molar-refractivity contribution >= 4 is 102 Å². The molecule has 0 unspecified atom stereocenters. The van der Waals surface area contributed by atoms with Crippen LogP contribution in [0.2, 0.25) is 0 Å². The summed E-state index contributed by atoms with van der Waals surface area (Å²) in [4.78, 5) is 21.0. The van der Waals surface area contributed by atoms with Gasteiger partial charge in [-0.15, -0.1) is 11.3 Å². The Morgan fingerprint density at radius 3 is 1.50 bits per heavy atom. The monoisotopic (exact) mass is 831 g/mol. The predicted molar refractivity (Wildman–Crippen MR) is 268 cm³/mol. The zero-order valence-corrected chi connectivity index (χ0v) is 35.0. The Morgan fingerprint density at radius 2 is 0.828 bits per heavy atom. The third kappa shape index (κ3) is 5.43. The lowest BCUT2D eigenvalue weighted by molar-refractivity contribution is 1.07. The molecule has 4 heterocycles. The number of benzene rings is 10. The Morgan fingerprint density at radius 1 is 0.312 bits per heavy atom. The quantitative estimate of drug-likeness (QED) is 0.166. The van der Waals surface area contributed by atoms with Gasteiger partial charge in [0.1, 0.15) is 0 Å². The zero-order chi connectivity index (χ0) is 41.9. The second-order valence-electron chi connectivity index (χ2n) is 16.7. The second-order valence-corrected chi connectivity index (χ2v) is 17.7. The maximum Gasteiger partial charge on any atom is 0.164 e. The summed E-state index contributed by atoms with van der Waals surface area (Å²) in [5, 5.41) is 14.4. The van der Waals surface area contributed by atoms with E-state index in [1.807, 2.05) is 11.3 Å². The lowest BCUT2D eigenvalue weighted by Gasteiger charge is -2.12. The van der Waals surface area contributed by atoms with Gasteiger partial charge in [-0.2, -0.15) is 0 Å². The number of aromatic nitrogens is 5. The molecule has 5 nitrogen and oxygen atoms in total. The molecule has 0 aliphatic carbocycles. The van der Waals surface area contributed by atoms with Crippen LogP contribution < -0.4 is 0 Å². The van der Waals surface area contributed by atoms with E-state index in [9.17, 15) is 0 Å². The molecular formula is C58H33N5S. The highest BCUT2D eigenvalue weighted by molar-refractivity contribution is 7.27. The van der Waals surface area contributed by atoms with E-state index in [1.165, 1.54) is 57.9 Å². The van der Waals surface area contributed by atoms with Gasteiger partial charge in [0.2, 0.25) is 0 Å². The minimum Gasteiger partial charge on any atom is -0.291 e. The van der Waals surface area contributed by atoms with Gasteiger partial charge in [0.05, 0.1) is 21.4 Å². The lowest BCUT2D eigenvalue weighted by atomic mass is 10.0. The van der Waals surface area contributed by atoms with Crippen LogP contribution in [-0.2, 0) is 0 Å². The van der Waals surface area contributed by atoms with Crippen molar-refractivity contribution < 1.29 is 0 Å². The summed E-state index contributed by atoms with van der Waals surface area (Å²) in [5.74, 6) is 1.89. The van der Waals surface area contributed by atoms with Crippen molar-refractivity contribution in [2.24, 2.45) is 0 Å². The van der Waals surface area contributed by atoms with Crippen LogP contribution in [0.5, 0.6) is 0 Å². The first-order valence-electron chi connectivity index (χ1n) is 21.5. The van der Waals surface area contributed by atoms with Crippen LogP contribution in [0.4, 0.5) is 0 Å². The molecule has 0 bridgehead atoms. The van der Waals surface area contributed by atoms with E-state index in [-0.39, 0.29) is 0 Å². The number of thiophene rings is 1. The van der Waals surface area contributed by atoms with Crippen LogP contribution in [0.25, 0.3) is 136 Å². The molecule has 14 aromatic rings. The van der Waals surface area contributed by atoms with E-state index in [4.69, 9.17) is 19.9 Å². The van der Waals surface area contributed by atoms with Crippen LogP contribution >= 0.6 is 11.3 Å². The molecule has 64 heavy (non-hydrogen) atoms. The minimum absolute atomic E-state index is 0.621. The van der Waals surface area contributed by atoms with Crippen molar-refractivity contribution in [2.75, 3.05) is 0 Å². The summed E-state index contributed by atoms with van der Waals surface area (Å²) < 4.78 is 4.84. The largest absolute Gasteiger partial charge is 0.291 e. The summed E-state index contributed by atoms with van der Waals surface area (Å²) in [6.07, 6.45) is 0. The van der Waals surface area contributed by atoms with Crippen molar-refractivity contribution in [1.29, 1.82) is 0 Å².